The molecule has 156 valence electrons. The first-order valence-corrected chi connectivity index (χ1v) is 10.7. The van der Waals surface area contributed by atoms with Crippen LogP contribution in [0.4, 0.5) is 17.1 Å². The van der Waals surface area contributed by atoms with Crippen molar-refractivity contribution in [3.8, 4) is 5.75 Å². The van der Waals surface area contributed by atoms with Crippen LogP contribution in [0.2, 0.25) is 0 Å². The van der Waals surface area contributed by atoms with Gasteiger partial charge in [0.25, 0.3) is 0 Å². The van der Waals surface area contributed by atoms with Crippen LogP contribution in [-0.2, 0) is 9.59 Å². The van der Waals surface area contributed by atoms with Crippen LogP contribution in [0.5, 0.6) is 5.75 Å². The summed E-state index contributed by atoms with van der Waals surface area (Å²) in [4.78, 5) is 31.6. The minimum Gasteiger partial charge on any atom is -0.497 e. The highest BCUT2D eigenvalue weighted by Gasteiger charge is 2.40. The van der Waals surface area contributed by atoms with Crippen LogP contribution in [-0.4, -0.2) is 29.3 Å². The Morgan fingerprint density at radius 1 is 0.968 bits per heavy atom. The number of rotatable bonds is 5. The predicted octanol–water partition coefficient (Wildman–Crippen LogP) is 4.86. The summed E-state index contributed by atoms with van der Waals surface area (Å²) >= 11 is 1.26. The Labute approximate surface area is 184 Å². The summed E-state index contributed by atoms with van der Waals surface area (Å²) in [6.45, 7) is 0. The van der Waals surface area contributed by atoms with Gasteiger partial charge in [0.15, 0.2) is 5.17 Å². The number of hydrogen-bond acceptors (Lipinski definition) is 5. The second-order valence-corrected chi connectivity index (χ2v) is 8.01. The van der Waals surface area contributed by atoms with Crippen LogP contribution in [0, 0.1) is 0 Å². The highest BCUT2D eigenvalue weighted by Crippen LogP contribution is 2.32. The van der Waals surface area contributed by atoms with Crippen molar-refractivity contribution < 1.29 is 14.3 Å². The number of carbonyl (C=O) groups is 2. The maximum Gasteiger partial charge on any atom is 0.247 e. The zero-order valence-corrected chi connectivity index (χ0v) is 17.7. The minimum absolute atomic E-state index is 0.111. The molecule has 1 unspecified atom stereocenters. The molecule has 1 aliphatic rings. The van der Waals surface area contributed by atoms with Gasteiger partial charge < -0.3 is 10.1 Å². The van der Waals surface area contributed by atoms with E-state index in [2.05, 4.69) is 10.3 Å². The van der Waals surface area contributed by atoms with Gasteiger partial charge in [0.2, 0.25) is 11.8 Å². The third kappa shape index (κ3) is 4.95. The van der Waals surface area contributed by atoms with Crippen molar-refractivity contribution in [2.45, 2.75) is 11.7 Å². The van der Waals surface area contributed by atoms with E-state index >= 15 is 0 Å². The predicted molar refractivity (Wildman–Crippen MR) is 125 cm³/mol. The average molecular weight is 432 g/mol. The number of nitrogens with one attached hydrogen (secondary N) is 1. The number of thioether (sulfide) groups is 1. The Balaban J connectivity index is 1.56. The molecule has 6 nitrogen and oxygen atoms in total. The van der Waals surface area contributed by atoms with Gasteiger partial charge in [-0.15, -0.1) is 0 Å². The van der Waals surface area contributed by atoms with Crippen LogP contribution in [0.25, 0.3) is 0 Å². The van der Waals surface area contributed by atoms with E-state index in [1.165, 1.54) is 16.7 Å². The lowest BCUT2D eigenvalue weighted by Gasteiger charge is -2.16. The SMILES string of the molecule is COc1ccc(N2C(=O)CC(SC(=Nc3ccccc3)Nc3ccccc3)C2=O)cc1. The molecule has 4 rings (SSSR count). The van der Waals surface area contributed by atoms with E-state index in [1.807, 2.05) is 60.7 Å². The molecule has 0 saturated carbocycles. The molecule has 3 aromatic rings. The summed E-state index contributed by atoms with van der Waals surface area (Å²) < 4.78 is 5.16. The van der Waals surface area contributed by atoms with E-state index in [0.29, 0.717) is 16.6 Å². The van der Waals surface area contributed by atoms with Gasteiger partial charge in [-0.1, -0.05) is 48.2 Å². The molecule has 0 spiro atoms. The van der Waals surface area contributed by atoms with E-state index in [9.17, 15) is 9.59 Å². The Hall–Kier alpha value is -3.58. The topological polar surface area (TPSA) is 71.0 Å². The number of ether oxygens (including phenoxy) is 1. The van der Waals surface area contributed by atoms with E-state index < -0.39 is 5.25 Å². The molecule has 2 amide bonds. The zero-order chi connectivity index (χ0) is 21.6. The monoisotopic (exact) mass is 431 g/mol. The summed E-state index contributed by atoms with van der Waals surface area (Å²) in [6.07, 6.45) is 0.111. The standard InChI is InChI=1S/C24H21N3O3S/c1-30-20-14-12-19(13-15-20)27-22(28)16-21(23(27)29)31-24(25-17-8-4-2-5-9-17)26-18-10-6-3-7-11-18/h2-15,21H,16H2,1H3,(H,25,26). The largest absolute Gasteiger partial charge is 0.497 e. The molecule has 1 atom stereocenters. The number of amides is 2. The Kier molecular flexibility index (Phi) is 6.33. The van der Waals surface area contributed by atoms with E-state index in [0.717, 1.165) is 11.4 Å². The van der Waals surface area contributed by atoms with Crippen molar-refractivity contribution in [1.29, 1.82) is 0 Å². The Morgan fingerprint density at radius 3 is 2.26 bits per heavy atom. The number of nitrogens with zero attached hydrogens (tertiary/aromatic N) is 2. The lowest BCUT2D eigenvalue weighted by molar-refractivity contribution is -0.121. The molecular weight excluding hydrogens is 410 g/mol. The van der Waals surface area contributed by atoms with Gasteiger partial charge in [-0.3, -0.25) is 9.59 Å². The van der Waals surface area contributed by atoms with E-state index in [-0.39, 0.29) is 18.2 Å². The molecular formula is C24H21N3O3S. The van der Waals surface area contributed by atoms with Crippen molar-refractivity contribution in [3.63, 3.8) is 0 Å². The van der Waals surface area contributed by atoms with Crippen molar-refractivity contribution in [3.05, 3.63) is 84.9 Å². The highest BCUT2D eigenvalue weighted by atomic mass is 32.2. The van der Waals surface area contributed by atoms with Crippen molar-refractivity contribution in [2.24, 2.45) is 4.99 Å². The van der Waals surface area contributed by atoms with Crippen molar-refractivity contribution in [1.82, 2.24) is 0 Å². The smallest absolute Gasteiger partial charge is 0.247 e. The number of anilines is 2. The first-order chi connectivity index (χ1) is 15.1. The number of hydrogen-bond donors (Lipinski definition) is 1. The van der Waals surface area contributed by atoms with Gasteiger partial charge in [0, 0.05) is 12.1 Å². The molecule has 0 radical (unpaired) electrons. The summed E-state index contributed by atoms with van der Waals surface area (Å²) in [6, 6.07) is 26.0. The Bertz CT molecular complexity index is 1090. The molecule has 7 heteroatoms. The number of para-hydroxylation sites is 2. The van der Waals surface area contributed by atoms with Gasteiger partial charge in [-0.25, -0.2) is 9.89 Å². The van der Waals surface area contributed by atoms with E-state index in [4.69, 9.17) is 4.74 Å². The lowest BCUT2D eigenvalue weighted by atomic mass is 10.3. The molecule has 1 fully saturated rings. The van der Waals surface area contributed by atoms with Crippen LogP contribution in [0.1, 0.15) is 6.42 Å². The van der Waals surface area contributed by atoms with Gasteiger partial charge in [0.1, 0.15) is 11.0 Å². The Morgan fingerprint density at radius 2 is 1.61 bits per heavy atom. The summed E-state index contributed by atoms with van der Waals surface area (Å²) in [5.74, 6) is 0.181. The average Bonchev–Trinajstić information content (AvgIpc) is 3.08. The quantitative estimate of drug-likeness (QED) is 0.355. The summed E-state index contributed by atoms with van der Waals surface area (Å²) in [5, 5.41) is 3.27. The van der Waals surface area contributed by atoms with Crippen LogP contribution >= 0.6 is 11.8 Å². The second kappa shape index (κ2) is 9.49. The normalized spacial score (nSPS) is 16.5. The molecule has 0 bridgehead atoms. The number of amidine groups is 1. The van der Waals surface area contributed by atoms with Crippen LogP contribution in [0.15, 0.2) is 89.9 Å². The molecule has 31 heavy (non-hydrogen) atoms. The first kappa shape index (κ1) is 20.7. The molecule has 1 aliphatic heterocycles. The van der Waals surface area contributed by atoms with Gasteiger partial charge >= 0.3 is 0 Å². The number of carbonyl (C=O) groups excluding carboxylic acids is 2. The van der Waals surface area contributed by atoms with Crippen molar-refractivity contribution >= 4 is 45.8 Å². The second-order valence-electron chi connectivity index (χ2n) is 6.82. The minimum atomic E-state index is -0.562. The lowest BCUT2D eigenvalue weighted by Crippen LogP contribution is -2.31. The zero-order valence-electron chi connectivity index (χ0n) is 16.9. The molecule has 1 N–H and O–H groups in total. The van der Waals surface area contributed by atoms with Crippen molar-refractivity contribution in [2.75, 3.05) is 17.3 Å². The van der Waals surface area contributed by atoms with Gasteiger partial charge in [-0.05, 0) is 48.5 Å². The number of methoxy groups -OCH3 is 1. The highest BCUT2D eigenvalue weighted by molar-refractivity contribution is 8.15. The molecule has 1 heterocycles. The first-order valence-electron chi connectivity index (χ1n) is 9.77. The fraction of sp³-hybridized carbons (Fsp3) is 0.125. The molecule has 0 aliphatic carbocycles. The molecule has 1 saturated heterocycles. The fourth-order valence-electron chi connectivity index (χ4n) is 3.18. The van der Waals surface area contributed by atoms with Gasteiger partial charge in [-0.2, -0.15) is 0 Å². The number of aliphatic imine (C=N–C) groups is 1. The third-order valence-electron chi connectivity index (χ3n) is 4.70. The summed E-state index contributed by atoms with van der Waals surface area (Å²) in [7, 11) is 1.57. The van der Waals surface area contributed by atoms with E-state index in [1.54, 1.807) is 31.4 Å². The maximum atomic E-state index is 13.1. The number of benzene rings is 3. The third-order valence-corrected chi connectivity index (χ3v) is 5.77. The molecule has 0 aromatic heterocycles. The fourth-order valence-corrected chi connectivity index (χ4v) is 4.22. The van der Waals surface area contributed by atoms with Crippen LogP contribution < -0.4 is 15.0 Å². The molecule has 3 aromatic carbocycles. The maximum absolute atomic E-state index is 13.1. The van der Waals surface area contributed by atoms with Gasteiger partial charge in [0.05, 0.1) is 18.5 Å². The number of imide groups is 1. The summed E-state index contributed by atoms with van der Waals surface area (Å²) in [5.41, 5.74) is 2.15. The van der Waals surface area contributed by atoms with Crippen LogP contribution in [0.3, 0.4) is 0 Å².